The molecule has 126 valence electrons. The molecule has 2 fully saturated rings. The maximum Gasteiger partial charge on any atom is 0.250 e. The van der Waals surface area contributed by atoms with Gasteiger partial charge in [-0.05, 0) is 12.8 Å². The predicted octanol–water partition coefficient (Wildman–Crippen LogP) is 2.29. The summed E-state index contributed by atoms with van der Waals surface area (Å²) in [6.07, 6.45) is 1.85. The van der Waals surface area contributed by atoms with E-state index in [-0.39, 0.29) is 12.0 Å². The Kier molecular flexibility index (Phi) is 4.60. The van der Waals surface area contributed by atoms with Crippen LogP contribution in [0.5, 0.6) is 0 Å². The molecule has 1 amide bonds. The normalized spacial score (nSPS) is 21.6. The standard InChI is InChI=1S/C18H21N3O2S/c22-17(19-14-6-7-14)16-11-21(8-9-23-16)10-15-12-24-18(20-15)13-4-2-1-3-5-13/h1-5,12,14,16H,6-11H2,(H,19,22). The molecule has 2 aliphatic rings. The minimum atomic E-state index is -0.355. The molecule has 1 atom stereocenters. The van der Waals surface area contributed by atoms with Crippen molar-refractivity contribution in [3.8, 4) is 10.6 Å². The summed E-state index contributed by atoms with van der Waals surface area (Å²) < 4.78 is 5.64. The van der Waals surface area contributed by atoms with Crippen LogP contribution in [-0.4, -0.2) is 47.6 Å². The van der Waals surface area contributed by atoms with E-state index in [2.05, 4.69) is 27.7 Å². The van der Waals surface area contributed by atoms with Gasteiger partial charge in [-0.3, -0.25) is 9.69 Å². The fourth-order valence-electron chi connectivity index (χ4n) is 2.85. The van der Waals surface area contributed by atoms with Crippen molar-refractivity contribution in [2.45, 2.75) is 31.5 Å². The number of nitrogens with one attached hydrogen (secondary N) is 1. The van der Waals surface area contributed by atoms with Crippen molar-refractivity contribution in [1.29, 1.82) is 0 Å². The molecule has 24 heavy (non-hydrogen) atoms. The topological polar surface area (TPSA) is 54.5 Å². The third-order valence-corrected chi connectivity index (χ3v) is 5.27. The highest BCUT2D eigenvalue weighted by Crippen LogP contribution is 2.24. The number of rotatable bonds is 5. The van der Waals surface area contributed by atoms with E-state index in [4.69, 9.17) is 9.72 Å². The molecule has 2 heterocycles. The third-order valence-electron chi connectivity index (χ3n) is 4.32. The lowest BCUT2D eigenvalue weighted by Crippen LogP contribution is -2.49. The van der Waals surface area contributed by atoms with Gasteiger partial charge in [0.1, 0.15) is 11.1 Å². The van der Waals surface area contributed by atoms with Crippen LogP contribution >= 0.6 is 11.3 Å². The van der Waals surface area contributed by atoms with Crippen LogP contribution in [-0.2, 0) is 16.1 Å². The van der Waals surface area contributed by atoms with Gasteiger partial charge >= 0.3 is 0 Å². The molecule has 1 saturated carbocycles. The van der Waals surface area contributed by atoms with Crippen LogP contribution < -0.4 is 5.32 Å². The number of aromatic nitrogens is 1. The molecular weight excluding hydrogens is 322 g/mol. The van der Waals surface area contributed by atoms with Crippen molar-refractivity contribution < 1.29 is 9.53 Å². The maximum absolute atomic E-state index is 12.2. The molecule has 4 rings (SSSR count). The van der Waals surface area contributed by atoms with Crippen molar-refractivity contribution in [3.63, 3.8) is 0 Å². The second-order valence-corrected chi connectivity index (χ2v) is 7.25. The number of hydrogen-bond donors (Lipinski definition) is 1. The van der Waals surface area contributed by atoms with Crippen molar-refractivity contribution in [3.05, 3.63) is 41.4 Å². The molecule has 1 saturated heterocycles. The number of benzene rings is 1. The molecule has 0 spiro atoms. The SMILES string of the molecule is O=C(NC1CC1)C1CN(Cc2csc(-c3ccccc3)n2)CCO1. The van der Waals surface area contributed by atoms with E-state index in [1.54, 1.807) is 11.3 Å². The van der Waals surface area contributed by atoms with Gasteiger partial charge in [-0.2, -0.15) is 0 Å². The van der Waals surface area contributed by atoms with Gasteiger partial charge in [-0.1, -0.05) is 30.3 Å². The molecule has 1 aromatic heterocycles. The molecule has 5 nitrogen and oxygen atoms in total. The lowest BCUT2D eigenvalue weighted by atomic mass is 10.2. The molecule has 1 unspecified atom stereocenters. The first-order chi connectivity index (χ1) is 11.8. The highest BCUT2D eigenvalue weighted by atomic mass is 32.1. The van der Waals surface area contributed by atoms with E-state index in [1.165, 1.54) is 0 Å². The lowest BCUT2D eigenvalue weighted by Gasteiger charge is -2.31. The monoisotopic (exact) mass is 343 g/mol. The zero-order valence-electron chi connectivity index (χ0n) is 13.5. The van der Waals surface area contributed by atoms with Crippen LogP contribution in [0, 0.1) is 0 Å². The number of thiazole rings is 1. The Hall–Kier alpha value is -1.76. The number of hydrogen-bond acceptors (Lipinski definition) is 5. The fraction of sp³-hybridized carbons (Fsp3) is 0.444. The second kappa shape index (κ2) is 7.01. The van der Waals surface area contributed by atoms with Crippen LogP contribution in [0.2, 0.25) is 0 Å². The molecule has 6 heteroatoms. The number of carbonyl (C=O) groups is 1. The van der Waals surface area contributed by atoms with Crippen molar-refractivity contribution in [2.24, 2.45) is 0 Å². The van der Waals surface area contributed by atoms with Gasteiger partial charge in [0.25, 0.3) is 5.91 Å². The Morgan fingerprint density at radius 1 is 1.33 bits per heavy atom. The molecule has 1 N–H and O–H groups in total. The van der Waals surface area contributed by atoms with Gasteiger partial charge < -0.3 is 10.1 Å². The maximum atomic E-state index is 12.2. The van der Waals surface area contributed by atoms with Crippen LogP contribution in [0.1, 0.15) is 18.5 Å². The third kappa shape index (κ3) is 3.83. The molecule has 1 aliphatic carbocycles. The molecule has 1 aromatic carbocycles. The highest BCUT2D eigenvalue weighted by Gasteiger charge is 2.31. The van der Waals surface area contributed by atoms with E-state index in [0.717, 1.165) is 42.2 Å². The van der Waals surface area contributed by atoms with Crippen molar-refractivity contribution in [2.75, 3.05) is 19.7 Å². The number of ether oxygens (including phenoxy) is 1. The zero-order chi connectivity index (χ0) is 16.4. The molecule has 1 aliphatic heterocycles. The summed E-state index contributed by atoms with van der Waals surface area (Å²) >= 11 is 1.67. The van der Waals surface area contributed by atoms with Gasteiger partial charge in [0.15, 0.2) is 0 Å². The van der Waals surface area contributed by atoms with Crippen LogP contribution in [0.3, 0.4) is 0 Å². The number of nitrogens with zero attached hydrogens (tertiary/aromatic N) is 2. The quantitative estimate of drug-likeness (QED) is 0.905. The highest BCUT2D eigenvalue weighted by molar-refractivity contribution is 7.13. The Morgan fingerprint density at radius 2 is 2.17 bits per heavy atom. The average Bonchev–Trinajstić information content (AvgIpc) is 3.31. The van der Waals surface area contributed by atoms with E-state index < -0.39 is 0 Å². The minimum Gasteiger partial charge on any atom is -0.366 e. The summed E-state index contributed by atoms with van der Waals surface area (Å²) in [5.41, 5.74) is 2.21. The Labute approximate surface area is 145 Å². The predicted molar refractivity (Wildman–Crippen MR) is 93.7 cm³/mol. The van der Waals surface area contributed by atoms with Gasteiger partial charge in [-0.15, -0.1) is 11.3 Å². The Balaban J connectivity index is 1.36. The molecule has 0 radical (unpaired) electrons. The van der Waals surface area contributed by atoms with Gasteiger partial charge in [0.2, 0.25) is 0 Å². The first-order valence-electron chi connectivity index (χ1n) is 8.42. The minimum absolute atomic E-state index is 0.0328. The molecule has 0 bridgehead atoms. The van der Waals surface area contributed by atoms with Gasteiger partial charge in [0, 0.05) is 36.6 Å². The summed E-state index contributed by atoms with van der Waals surface area (Å²) in [6, 6.07) is 10.6. The lowest BCUT2D eigenvalue weighted by molar-refractivity contribution is -0.139. The van der Waals surface area contributed by atoms with Crippen molar-refractivity contribution in [1.82, 2.24) is 15.2 Å². The molecule has 2 aromatic rings. The first kappa shape index (κ1) is 15.7. The van der Waals surface area contributed by atoms with E-state index in [0.29, 0.717) is 19.2 Å². The van der Waals surface area contributed by atoms with E-state index in [1.807, 2.05) is 18.2 Å². The largest absolute Gasteiger partial charge is 0.366 e. The van der Waals surface area contributed by atoms with Gasteiger partial charge in [-0.25, -0.2) is 4.98 Å². The summed E-state index contributed by atoms with van der Waals surface area (Å²) in [7, 11) is 0. The summed E-state index contributed by atoms with van der Waals surface area (Å²) in [5, 5.41) is 6.18. The number of morpholine rings is 1. The smallest absolute Gasteiger partial charge is 0.250 e. The average molecular weight is 343 g/mol. The van der Waals surface area contributed by atoms with Crippen LogP contribution in [0.15, 0.2) is 35.7 Å². The van der Waals surface area contributed by atoms with Crippen molar-refractivity contribution >= 4 is 17.2 Å². The van der Waals surface area contributed by atoms with E-state index >= 15 is 0 Å². The fourth-order valence-corrected chi connectivity index (χ4v) is 3.67. The van der Waals surface area contributed by atoms with E-state index in [9.17, 15) is 4.79 Å². The second-order valence-electron chi connectivity index (χ2n) is 6.39. The first-order valence-corrected chi connectivity index (χ1v) is 9.30. The summed E-state index contributed by atoms with van der Waals surface area (Å²) in [6.45, 7) is 2.83. The van der Waals surface area contributed by atoms with Crippen LogP contribution in [0.25, 0.3) is 10.6 Å². The number of amides is 1. The molecular formula is C18H21N3O2S. The summed E-state index contributed by atoms with van der Waals surface area (Å²) in [5.74, 6) is 0.0328. The summed E-state index contributed by atoms with van der Waals surface area (Å²) in [4.78, 5) is 19.2. The Morgan fingerprint density at radius 3 is 2.96 bits per heavy atom. The Bertz CT molecular complexity index is 699. The van der Waals surface area contributed by atoms with Gasteiger partial charge in [0.05, 0.1) is 12.3 Å². The zero-order valence-corrected chi connectivity index (χ0v) is 14.3. The van der Waals surface area contributed by atoms with Crippen LogP contribution in [0.4, 0.5) is 0 Å². The number of carbonyl (C=O) groups excluding carboxylic acids is 1.